The summed E-state index contributed by atoms with van der Waals surface area (Å²) >= 11 is 0. The summed E-state index contributed by atoms with van der Waals surface area (Å²) < 4.78 is 0. The average Bonchev–Trinajstić information content (AvgIpc) is 3.08. The standard InChI is InChI=1S/C15H14O2/c1-9-2-3-11-7-12(5-4-10(11)6-9)13-8-14(13)15(16)17/h2-7,13-14H,8H2,1H3,(H,16,17). The largest absolute Gasteiger partial charge is 0.481 e. The number of carboxylic acids is 1. The Morgan fingerprint density at radius 2 is 1.88 bits per heavy atom. The smallest absolute Gasteiger partial charge is 0.307 e. The first-order valence-electron chi connectivity index (χ1n) is 5.88. The van der Waals surface area contributed by atoms with Crippen molar-refractivity contribution < 1.29 is 9.90 Å². The van der Waals surface area contributed by atoms with Crippen LogP contribution >= 0.6 is 0 Å². The second-order valence-electron chi connectivity index (χ2n) is 4.90. The van der Waals surface area contributed by atoms with Gasteiger partial charge in [-0.2, -0.15) is 0 Å². The van der Waals surface area contributed by atoms with Crippen LogP contribution in [-0.2, 0) is 4.79 Å². The zero-order valence-electron chi connectivity index (χ0n) is 9.68. The molecule has 0 radical (unpaired) electrons. The van der Waals surface area contributed by atoms with Gasteiger partial charge >= 0.3 is 5.97 Å². The minimum Gasteiger partial charge on any atom is -0.481 e. The third-order valence-corrected chi connectivity index (χ3v) is 3.56. The van der Waals surface area contributed by atoms with Crippen molar-refractivity contribution in [3.63, 3.8) is 0 Å². The van der Waals surface area contributed by atoms with Crippen LogP contribution < -0.4 is 0 Å². The number of aliphatic carboxylic acids is 1. The molecule has 1 saturated carbocycles. The first kappa shape index (κ1) is 10.3. The Morgan fingerprint density at radius 1 is 1.18 bits per heavy atom. The topological polar surface area (TPSA) is 37.3 Å². The number of benzene rings is 2. The summed E-state index contributed by atoms with van der Waals surface area (Å²) in [6.07, 6.45) is 0.784. The van der Waals surface area contributed by atoms with E-state index in [0.29, 0.717) is 0 Å². The highest BCUT2D eigenvalue weighted by Gasteiger charge is 2.44. The van der Waals surface area contributed by atoms with Gasteiger partial charge in [0.1, 0.15) is 0 Å². The molecule has 2 nitrogen and oxygen atoms in total. The lowest BCUT2D eigenvalue weighted by Gasteiger charge is -2.03. The lowest BCUT2D eigenvalue weighted by Crippen LogP contribution is -1.98. The Hall–Kier alpha value is -1.83. The number of carboxylic acid groups (broad SMARTS) is 1. The average molecular weight is 226 g/mol. The molecule has 86 valence electrons. The quantitative estimate of drug-likeness (QED) is 0.852. The van der Waals surface area contributed by atoms with Crippen LogP contribution in [0.4, 0.5) is 0 Å². The normalized spacial score (nSPS) is 22.6. The lowest BCUT2D eigenvalue weighted by atomic mass is 10.0. The maximum Gasteiger partial charge on any atom is 0.307 e. The van der Waals surface area contributed by atoms with E-state index in [-0.39, 0.29) is 11.8 Å². The molecule has 0 aromatic heterocycles. The van der Waals surface area contributed by atoms with Crippen molar-refractivity contribution in [2.45, 2.75) is 19.3 Å². The Bertz CT molecular complexity index is 601. The Labute approximate surface area is 99.9 Å². The fourth-order valence-electron chi connectivity index (χ4n) is 2.45. The Kier molecular flexibility index (Phi) is 2.18. The molecule has 1 fully saturated rings. The van der Waals surface area contributed by atoms with Gasteiger partial charge in [-0.25, -0.2) is 0 Å². The van der Waals surface area contributed by atoms with Gasteiger partial charge in [0, 0.05) is 0 Å². The SMILES string of the molecule is Cc1ccc2cc(C3CC3C(=O)O)ccc2c1. The third-order valence-electron chi connectivity index (χ3n) is 3.56. The van der Waals surface area contributed by atoms with E-state index in [0.717, 1.165) is 12.0 Å². The minimum absolute atomic E-state index is 0.169. The third kappa shape index (κ3) is 1.80. The Balaban J connectivity index is 1.98. The van der Waals surface area contributed by atoms with Gasteiger partial charge in [0.15, 0.2) is 0 Å². The van der Waals surface area contributed by atoms with E-state index >= 15 is 0 Å². The van der Waals surface area contributed by atoms with E-state index in [1.54, 1.807) is 0 Å². The molecule has 2 atom stereocenters. The van der Waals surface area contributed by atoms with Crippen molar-refractivity contribution in [2.24, 2.45) is 5.92 Å². The van der Waals surface area contributed by atoms with Gasteiger partial charge in [0.05, 0.1) is 5.92 Å². The summed E-state index contributed by atoms with van der Waals surface area (Å²) in [5.74, 6) is -0.616. The Morgan fingerprint density at radius 3 is 2.59 bits per heavy atom. The summed E-state index contributed by atoms with van der Waals surface area (Å²) in [5, 5.41) is 11.4. The minimum atomic E-state index is -0.668. The highest BCUT2D eigenvalue weighted by molar-refractivity contribution is 5.84. The van der Waals surface area contributed by atoms with Crippen molar-refractivity contribution in [1.29, 1.82) is 0 Å². The van der Waals surface area contributed by atoms with Crippen LogP contribution in [0.15, 0.2) is 36.4 Å². The molecule has 0 spiro atoms. The molecule has 2 aromatic carbocycles. The van der Waals surface area contributed by atoms with Gasteiger partial charge in [-0.3, -0.25) is 4.79 Å². The molecule has 1 aliphatic rings. The van der Waals surface area contributed by atoms with Crippen molar-refractivity contribution in [3.05, 3.63) is 47.5 Å². The highest BCUT2D eigenvalue weighted by Crippen LogP contribution is 2.48. The van der Waals surface area contributed by atoms with Gasteiger partial charge in [-0.05, 0) is 35.6 Å². The maximum absolute atomic E-state index is 10.9. The molecule has 1 N–H and O–H groups in total. The molecule has 0 saturated heterocycles. The first-order chi connectivity index (χ1) is 8.15. The van der Waals surface area contributed by atoms with Gasteiger partial charge in [0.25, 0.3) is 0 Å². The summed E-state index contributed by atoms with van der Waals surface area (Å²) in [6, 6.07) is 12.6. The second kappa shape index (κ2) is 3.59. The van der Waals surface area contributed by atoms with E-state index in [1.807, 2.05) is 0 Å². The van der Waals surface area contributed by atoms with Gasteiger partial charge in [-0.15, -0.1) is 0 Å². The van der Waals surface area contributed by atoms with Crippen LogP contribution in [0, 0.1) is 12.8 Å². The lowest BCUT2D eigenvalue weighted by molar-refractivity contribution is -0.138. The molecule has 2 unspecified atom stereocenters. The second-order valence-corrected chi connectivity index (χ2v) is 4.90. The summed E-state index contributed by atoms with van der Waals surface area (Å²) in [6.45, 7) is 2.08. The van der Waals surface area contributed by atoms with E-state index in [4.69, 9.17) is 5.11 Å². The van der Waals surface area contributed by atoms with E-state index < -0.39 is 5.97 Å². The predicted molar refractivity (Wildman–Crippen MR) is 67.2 cm³/mol. The van der Waals surface area contributed by atoms with Crippen LogP contribution in [0.1, 0.15) is 23.5 Å². The monoisotopic (exact) mass is 226 g/mol. The molecule has 2 heteroatoms. The van der Waals surface area contributed by atoms with Gasteiger partial charge < -0.3 is 5.11 Å². The zero-order chi connectivity index (χ0) is 12.0. The molecule has 0 bridgehead atoms. The van der Waals surface area contributed by atoms with E-state index in [9.17, 15) is 4.79 Å². The molecule has 2 aromatic rings. The van der Waals surface area contributed by atoms with Gasteiger partial charge in [0.2, 0.25) is 0 Å². The first-order valence-corrected chi connectivity index (χ1v) is 5.88. The maximum atomic E-state index is 10.9. The summed E-state index contributed by atoms with van der Waals surface area (Å²) in [5.41, 5.74) is 2.41. The molecule has 0 amide bonds. The van der Waals surface area contributed by atoms with Crippen LogP contribution in [0.5, 0.6) is 0 Å². The summed E-state index contributed by atoms with van der Waals surface area (Å²) in [7, 11) is 0. The molecule has 17 heavy (non-hydrogen) atoms. The molecule has 0 aliphatic heterocycles. The molecule has 0 heterocycles. The van der Waals surface area contributed by atoms with Crippen molar-refractivity contribution in [1.82, 2.24) is 0 Å². The number of hydrogen-bond acceptors (Lipinski definition) is 1. The molecule has 3 rings (SSSR count). The van der Waals surface area contributed by atoms with Crippen molar-refractivity contribution in [2.75, 3.05) is 0 Å². The zero-order valence-corrected chi connectivity index (χ0v) is 9.68. The molecular formula is C15H14O2. The molecular weight excluding hydrogens is 212 g/mol. The number of carbonyl (C=O) groups is 1. The van der Waals surface area contributed by atoms with Crippen LogP contribution in [-0.4, -0.2) is 11.1 Å². The summed E-state index contributed by atoms with van der Waals surface area (Å²) in [4.78, 5) is 10.9. The van der Waals surface area contributed by atoms with Crippen molar-refractivity contribution in [3.8, 4) is 0 Å². The number of fused-ring (bicyclic) bond motifs is 1. The number of rotatable bonds is 2. The van der Waals surface area contributed by atoms with Crippen molar-refractivity contribution >= 4 is 16.7 Å². The fraction of sp³-hybridized carbons (Fsp3) is 0.267. The van der Waals surface area contributed by atoms with E-state index in [2.05, 4.69) is 43.3 Å². The van der Waals surface area contributed by atoms with Crippen LogP contribution in [0.3, 0.4) is 0 Å². The van der Waals surface area contributed by atoms with E-state index in [1.165, 1.54) is 16.3 Å². The highest BCUT2D eigenvalue weighted by atomic mass is 16.4. The fourth-order valence-corrected chi connectivity index (χ4v) is 2.45. The van der Waals surface area contributed by atoms with Gasteiger partial charge in [-0.1, -0.05) is 42.0 Å². The van der Waals surface area contributed by atoms with Crippen LogP contribution in [0.25, 0.3) is 10.8 Å². The predicted octanol–water partition coefficient (Wildman–Crippen LogP) is 3.34. The number of hydrogen-bond donors (Lipinski definition) is 1. The number of aryl methyl sites for hydroxylation is 1. The molecule has 1 aliphatic carbocycles. The van der Waals surface area contributed by atoms with Crippen LogP contribution in [0.2, 0.25) is 0 Å².